The summed E-state index contributed by atoms with van der Waals surface area (Å²) >= 11 is 0. The largest absolute Gasteiger partial charge is 0.421 e. The van der Waals surface area contributed by atoms with Crippen LogP contribution in [0.3, 0.4) is 0 Å². The van der Waals surface area contributed by atoms with Gasteiger partial charge in [0.2, 0.25) is 0 Å². The van der Waals surface area contributed by atoms with Crippen LogP contribution in [0.4, 0.5) is 46.0 Å². The summed E-state index contributed by atoms with van der Waals surface area (Å²) in [6.07, 6.45) is 11.6. The van der Waals surface area contributed by atoms with Crippen molar-refractivity contribution in [2.24, 2.45) is 48.6 Å². The number of aryl methyl sites for hydroxylation is 4. The minimum absolute atomic E-state index is 0.191. The molecule has 0 saturated carbocycles. The monoisotopic (exact) mass is 752 g/mol. The lowest BCUT2D eigenvalue weighted by Crippen LogP contribution is -2.25. The summed E-state index contributed by atoms with van der Waals surface area (Å²) in [5, 5.41) is 31.2. The molecule has 2 aromatic heterocycles. The molecule has 14 heteroatoms. The van der Waals surface area contributed by atoms with E-state index in [1.54, 1.807) is 24.3 Å². The Balaban J connectivity index is 1.03. The number of hydrogen-bond donors (Lipinski definition) is 4. The molecular formula is C42H48N12O2+2. The molecule has 0 radical (unpaired) electrons. The summed E-state index contributed by atoms with van der Waals surface area (Å²) in [6, 6.07) is 29.5. The summed E-state index contributed by atoms with van der Waals surface area (Å²) in [5.74, 6) is 0.997. The molecule has 0 atom stereocenters. The highest BCUT2D eigenvalue weighted by Crippen LogP contribution is 2.32. The Morgan fingerprint density at radius 3 is 1.34 bits per heavy atom. The number of benzene rings is 4. The zero-order chi connectivity index (χ0) is 39.3. The van der Waals surface area contributed by atoms with Crippen molar-refractivity contribution in [1.82, 2.24) is 9.13 Å². The maximum Gasteiger partial charge on any atom is 0.421 e. The first-order valence-electron chi connectivity index (χ1n) is 18.6. The van der Waals surface area contributed by atoms with Crippen LogP contribution in [0, 0.1) is 0 Å². The lowest BCUT2D eigenvalue weighted by Gasteiger charge is -2.12. The van der Waals surface area contributed by atoms with Gasteiger partial charge in [-0.3, -0.25) is 9.59 Å². The lowest BCUT2D eigenvalue weighted by molar-refractivity contribution is -0.657. The van der Waals surface area contributed by atoms with Crippen LogP contribution in [0.25, 0.3) is 0 Å². The molecule has 0 fully saturated rings. The molecule has 0 unspecified atom stereocenters. The quantitative estimate of drug-likeness (QED) is 0.0420. The van der Waals surface area contributed by atoms with E-state index in [2.05, 4.69) is 41.7 Å². The Kier molecular flexibility index (Phi) is 13.1. The number of azo groups is 2. The number of nitrogens with zero attached hydrogens (tertiary/aromatic N) is 8. The first kappa shape index (κ1) is 38.8. The van der Waals surface area contributed by atoms with Crippen LogP contribution >= 0.6 is 0 Å². The number of imidazole rings is 2. The first-order valence-corrected chi connectivity index (χ1v) is 18.6. The lowest BCUT2D eigenvalue weighted by atomic mass is 10.1. The number of anilines is 4. The number of carbonyl (C=O) groups excluding carboxylic acids is 2. The van der Waals surface area contributed by atoms with E-state index < -0.39 is 0 Å². The molecule has 4 N–H and O–H groups in total. The molecule has 0 aliphatic heterocycles. The minimum atomic E-state index is -0.191. The van der Waals surface area contributed by atoms with Crippen molar-refractivity contribution in [3.05, 3.63) is 133 Å². The third kappa shape index (κ3) is 10.4. The highest BCUT2D eigenvalue weighted by atomic mass is 16.2. The van der Waals surface area contributed by atoms with Gasteiger partial charge in [-0.2, -0.15) is 0 Å². The Morgan fingerprint density at radius 1 is 0.554 bits per heavy atom. The van der Waals surface area contributed by atoms with Gasteiger partial charge in [-0.25, -0.2) is 18.3 Å². The van der Waals surface area contributed by atoms with E-state index in [1.165, 1.54) is 0 Å². The van der Waals surface area contributed by atoms with Crippen LogP contribution in [0.15, 0.2) is 142 Å². The zero-order valence-electron chi connectivity index (χ0n) is 32.2. The smallest absolute Gasteiger partial charge is 0.383 e. The molecule has 6 aromatic rings. The number of unbranched alkanes of at least 4 members (excludes halogenated alkanes) is 3. The molecule has 0 saturated heterocycles. The van der Waals surface area contributed by atoms with E-state index >= 15 is 0 Å². The second-order valence-electron chi connectivity index (χ2n) is 13.4. The number of rotatable bonds is 17. The topological polar surface area (TPSA) is 149 Å². The number of aromatic nitrogens is 4. The molecule has 4 aromatic carbocycles. The molecular weight excluding hydrogens is 705 g/mol. The van der Waals surface area contributed by atoms with E-state index in [4.69, 9.17) is 0 Å². The summed E-state index contributed by atoms with van der Waals surface area (Å²) in [5.41, 5.74) is 5.34. The fourth-order valence-electron chi connectivity index (χ4n) is 5.96. The van der Waals surface area contributed by atoms with Crippen LogP contribution < -0.4 is 30.4 Å². The Morgan fingerprint density at radius 2 is 0.964 bits per heavy atom. The second-order valence-corrected chi connectivity index (χ2v) is 13.4. The predicted molar refractivity (Wildman–Crippen MR) is 219 cm³/mol. The van der Waals surface area contributed by atoms with Crippen LogP contribution in [-0.2, 0) is 28.2 Å². The molecule has 6 rings (SSSR count). The Bertz CT molecular complexity index is 2110. The van der Waals surface area contributed by atoms with Crippen molar-refractivity contribution in [3.8, 4) is 0 Å². The molecule has 56 heavy (non-hydrogen) atoms. The number of nitrogens with one attached hydrogen (secondary N) is 4. The van der Waals surface area contributed by atoms with Crippen molar-refractivity contribution in [3.63, 3.8) is 0 Å². The maximum atomic E-state index is 12.8. The molecule has 2 amide bonds. The van der Waals surface area contributed by atoms with Gasteiger partial charge in [-0.1, -0.05) is 59.5 Å². The molecule has 0 spiro atoms. The molecule has 0 aliphatic rings. The van der Waals surface area contributed by atoms with E-state index in [-0.39, 0.29) is 11.8 Å². The zero-order valence-corrected chi connectivity index (χ0v) is 32.2. The minimum Gasteiger partial charge on any atom is -0.383 e. The summed E-state index contributed by atoms with van der Waals surface area (Å²) in [6.45, 7) is 1.50. The van der Waals surface area contributed by atoms with Crippen LogP contribution in [0.5, 0.6) is 0 Å². The summed E-state index contributed by atoms with van der Waals surface area (Å²) in [7, 11) is 7.67. The third-order valence-electron chi connectivity index (χ3n) is 9.10. The van der Waals surface area contributed by atoms with Crippen molar-refractivity contribution in [2.45, 2.75) is 25.7 Å². The van der Waals surface area contributed by atoms with Gasteiger partial charge < -0.3 is 21.3 Å². The fraction of sp³-hybridized carbons (Fsp3) is 0.238. The van der Waals surface area contributed by atoms with Gasteiger partial charge in [0.25, 0.3) is 11.8 Å². The molecule has 0 aliphatic carbocycles. The number of amides is 2. The van der Waals surface area contributed by atoms with Crippen LogP contribution in [0.1, 0.15) is 46.4 Å². The van der Waals surface area contributed by atoms with Gasteiger partial charge in [0.1, 0.15) is 11.4 Å². The number of hydrogen-bond acceptors (Lipinski definition) is 8. The van der Waals surface area contributed by atoms with Gasteiger partial charge in [0, 0.05) is 45.8 Å². The second kappa shape index (κ2) is 18.9. The van der Waals surface area contributed by atoms with Crippen molar-refractivity contribution < 1.29 is 18.7 Å². The summed E-state index contributed by atoms with van der Waals surface area (Å²) in [4.78, 5) is 25.7. The molecule has 2 heterocycles. The van der Waals surface area contributed by atoms with E-state index in [0.29, 0.717) is 45.8 Å². The van der Waals surface area contributed by atoms with Crippen molar-refractivity contribution >= 4 is 57.8 Å². The molecule has 286 valence electrons. The number of carbonyl (C=O) groups is 2. The van der Waals surface area contributed by atoms with Crippen molar-refractivity contribution in [2.75, 3.05) is 34.4 Å². The SMILES string of the molecule is Cn1cc[n+](C)c1N=Nc1cc(NC(=O)c2ccccc2)ccc1NCCCCCCNc1ccc(NC(=O)c2ccccc2)cc1N=Nc1n(C)cc[n+]1C. The fourth-order valence-corrected chi connectivity index (χ4v) is 5.96. The van der Waals surface area contributed by atoms with Crippen LogP contribution in [0.2, 0.25) is 0 Å². The normalized spacial score (nSPS) is 11.3. The molecule has 0 bridgehead atoms. The maximum absolute atomic E-state index is 12.8. The van der Waals surface area contributed by atoms with E-state index in [9.17, 15) is 9.59 Å². The van der Waals surface area contributed by atoms with E-state index in [1.807, 2.05) is 144 Å². The van der Waals surface area contributed by atoms with Gasteiger partial charge in [0.05, 0.1) is 64.4 Å². The molecule has 14 nitrogen and oxygen atoms in total. The highest BCUT2D eigenvalue weighted by molar-refractivity contribution is 6.05. The highest BCUT2D eigenvalue weighted by Gasteiger charge is 2.15. The van der Waals surface area contributed by atoms with Crippen molar-refractivity contribution in [1.29, 1.82) is 0 Å². The first-order chi connectivity index (χ1) is 27.2. The average Bonchev–Trinajstić information content (AvgIpc) is 3.72. The van der Waals surface area contributed by atoms with E-state index in [0.717, 1.165) is 50.1 Å². The Hall–Kier alpha value is -6.96. The van der Waals surface area contributed by atoms with Gasteiger partial charge in [-0.15, -0.1) is 0 Å². The van der Waals surface area contributed by atoms with Crippen LogP contribution in [-0.4, -0.2) is 34.0 Å². The summed E-state index contributed by atoms with van der Waals surface area (Å²) < 4.78 is 7.57. The predicted octanol–water partition coefficient (Wildman–Crippen LogP) is 8.43. The average molecular weight is 753 g/mol. The third-order valence-corrected chi connectivity index (χ3v) is 9.10. The Labute approximate surface area is 326 Å². The van der Waals surface area contributed by atoms with Gasteiger partial charge in [0.15, 0.2) is 0 Å². The standard InChI is InChI=1S/C42H46N12O2/c1-51-25-26-52(2)41(51)49-47-37-29-33(45-39(55)31-15-9-7-10-16-31)19-21-35(37)43-23-13-5-6-14-24-44-36-22-20-34(46-40(56)32-17-11-8-12-18-32)30-38(36)48-50-42-53(3)27-28-54(42)4/h7-12,15-22,25-30H,5-6,13-14,23-24H2,1-4H3,(H2,45,46,47,48,55,56)/p+2. The van der Waals surface area contributed by atoms with Gasteiger partial charge in [-0.05, 0) is 73.5 Å². The van der Waals surface area contributed by atoms with Gasteiger partial charge >= 0.3 is 11.9 Å².